The van der Waals surface area contributed by atoms with Crippen LogP contribution in [0, 0.1) is 0 Å². The maximum Gasteiger partial charge on any atom is 0.300 e. The van der Waals surface area contributed by atoms with Gasteiger partial charge in [0.05, 0.1) is 17.7 Å². The number of carbonyl (C=O) groups is 2. The van der Waals surface area contributed by atoms with Gasteiger partial charge in [-0.1, -0.05) is 41.9 Å². The summed E-state index contributed by atoms with van der Waals surface area (Å²) >= 11 is 6.01. The molecule has 0 spiro atoms. The topological polar surface area (TPSA) is 66.8 Å². The highest BCUT2D eigenvalue weighted by atomic mass is 35.5. The van der Waals surface area contributed by atoms with Crippen LogP contribution in [0.3, 0.4) is 0 Å². The molecular formula is C26H22ClNO4. The monoisotopic (exact) mass is 447 g/mol. The van der Waals surface area contributed by atoms with E-state index in [-0.39, 0.29) is 17.4 Å². The predicted molar refractivity (Wildman–Crippen MR) is 125 cm³/mol. The maximum absolute atomic E-state index is 13.1. The van der Waals surface area contributed by atoms with Gasteiger partial charge in [0, 0.05) is 16.3 Å². The zero-order valence-corrected chi connectivity index (χ0v) is 18.4. The van der Waals surface area contributed by atoms with Crippen molar-refractivity contribution < 1.29 is 19.4 Å². The molecule has 1 amide bonds. The largest absolute Gasteiger partial charge is 0.507 e. The number of halogens is 1. The summed E-state index contributed by atoms with van der Waals surface area (Å²) in [6, 6.07) is 21.9. The quantitative estimate of drug-likeness (QED) is 0.307. The van der Waals surface area contributed by atoms with Gasteiger partial charge in [-0.25, -0.2) is 0 Å². The fourth-order valence-electron chi connectivity index (χ4n) is 3.77. The van der Waals surface area contributed by atoms with E-state index in [1.54, 1.807) is 48.5 Å². The normalized spacial score (nSPS) is 17.8. The average Bonchev–Trinajstić information content (AvgIpc) is 3.05. The number of ketones is 1. The van der Waals surface area contributed by atoms with E-state index in [0.717, 1.165) is 0 Å². The number of carbonyl (C=O) groups excluding carboxylic acids is 2. The van der Waals surface area contributed by atoms with E-state index in [4.69, 9.17) is 16.3 Å². The summed E-state index contributed by atoms with van der Waals surface area (Å²) < 4.78 is 5.65. The van der Waals surface area contributed by atoms with E-state index < -0.39 is 17.7 Å². The molecule has 1 atom stereocenters. The number of benzene rings is 3. The second-order valence-corrected chi connectivity index (χ2v) is 8.18. The first-order valence-corrected chi connectivity index (χ1v) is 10.6. The van der Waals surface area contributed by atoms with Crippen LogP contribution < -0.4 is 9.64 Å². The molecule has 4 rings (SSSR count). The molecule has 1 unspecified atom stereocenters. The van der Waals surface area contributed by atoms with Gasteiger partial charge in [0.2, 0.25) is 0 Å². The van der Waals surface area contributed by atoms with Crippen LogP contribution in [-0.2, 0) is 9.59 Å². The summed E-state index contributed by atoms with van der Waals surface area (Å²) in [6.45, 7) is 3.85. The molecule has 32 heavy (non-hydrogen) atoms. The Morgan fingerprint density at radius 1 is 0.938 bits per heavy atom. The van der Waals surface area contributed by atoms with Gasteiger partial charge in [-0.3, -0.25) is 14.5 Å². The number of ether oxygens (including phenoxy) is 1. The van der Waals surface area contributed by atoms with Gasteiger partial charge in [0.1, 0.15) is 11.5 Å². The second-order valence-electron chi connectivity index (χ2n) is 7.75. The SMILES string of the molecule is CC(C)Oc1ccc(/C(O)=C2\C(=O)C(=O)N(c3ccc(Cl)cc3)C2c2ccccc2)cc1. The number of rotatable bonds is 5. The van der Waals surface area contributed by atoms with Gasteiger partial charge >= 0.3 is 0 Å². The Labute approximate surface area is 191 Å². The molecule has 1 fully saturated rings. The molecule has 1 saturated heterocycles. The third-order valence-corrected chi connectivity index (χ3v) is 5.42. The van der Waals surface area contributed by atoms with Crippen molar-refractivity contribution in [3.8, 4) is 5.75 Å². The minimum absolute atomic E-state index is 0.0113. The Hall–Kier alpha value is -3.57. The lowest BCUT2D eigenvalue weighted by molar-refractivity contribution is -0.132. The van der Waals surface area contributed by atoms with Crippen molar-refractivity contribution in [2.24, 2.45) is 0 Å². The summed E-state index contributed by atoms with van der Waals surface area (Å²) in [6.07, 6.45) is 0.0113. The molecule has 0 saturated carbocycles. The molecule has 6 heteroatoms. The van der Waals surface area contributed by atoms with E-state index in [2.05, 4.69) is 0 Å². The van der Waals surface area contributed by atoms with Crippen molar-refractivity contribution >= 4 is 34.7 Å². The summed E-state index contributed by atoms with van der Waals surface area (Å²) in [5, 5.41) is 11.7. The maximum atomic E-state index is 13.1. The number of hydrogen-bond acceptors (Lipinski definition) is 4. The van der Waals surface area contributed by atoms with E-state index in [0.29, 0.717) is 27.6 Å². The van der Waals surface area contributed by atoms with Crippen molar-refractivity contribution in [2.45, 2.75) is 26.0 Å². The Morgan fingerprint density at radius 3 is 2.16 bits per heavy atom. The van der Waals surface area contributed by atoms with Crippen molar-refractivity contribution in [1.82, 2.24) is 0 Å². The standard InChI is InChI=1S/C26H22ClNO4/c1-16(2)32-21-14-8-18(9-15-21)24(29)22-23(17-6-4-3-5-7-17)28(26(31)25(22)30)20-12-10-19(27)11-13-20/h3-16,23,29H,1-2H3/b24-22+. The third-order valence-electron chi connectivity index (χ3n) is 5.16. The highest BCUT2D eigenvalue weighted by Crippen LogP contribution is 2.42. The van der Waals surface area contributed by atoms with Gasteiger partial charge in [-0.05, 0) is 67.9 Å². The van der Waals surface area contributed by atoms with Crippen LogP contribution in [-0.4, -0.2) is 22.9 Å². The fraction of sp³-hybridized carbons (Fsp3) is 0.154. The molecule has 1 heterocycles. The molecule has 0 aromatic heterocycles. The lowest BCUT2D eigenvalue weighted by atomic mass is 9.95. The first-order chi connectivity index (χ1) is 15.4. The van der Waals surface area contributed by atoms with Crippen LogP contribution in [0.1, 0.15) is 31.0 Å². The number of Topliss-reactive ketones (excluding diaryl/α,β-unsaturated/α-hetero) is 1. The lowest BCUT2D eigenvalue weighted by Gasteiger charge is -2.25. The fourth-order valence-corrected chi connectivity index (χ4v) is 3.90. The average molecular weight is 448 g/mol. The van der Waals surface area contributed by atoms with E-state index in [1.807, 2.05) is 44.2 Å². The molecular weight excluding hydrogens is 426 g/mol. The molecule has 1 aliphatic rings. The summed E-state index contributed by atoms with van der Waals surface area (Å²) in [7, 11) is 0. The van der Waals surface area contributed by atoms with Crippen molar-refractivity contribution in [3.05, 3.63) is 101 Å². The van der Waals surface area contributed by atoms with Crippen LogP contribution in [0.25, 0.3) is 5.76 Å². The van der Waals surface area contributed by atoms with E-state index in [9.17, 15) is 14.7 Å². The Balaban J connectivity index is 1.84. The number of aliphatic hydroxyl groups is 1. The highest BCUT2D eigenvalue weighted by molar-refractivity contribution is 6.51. The first-order valence-electron chi connectivity index (χ1n) is 10.3. The Bertz CT molecular complexity index is 1170. The number of amides is 1. The zero-order valence-electron chi connectivity index (χ0n) is 17.7. The van der Waals surface area contributed by atoms with Crippen molar-refractivity contribution in [3.63, 3.8) is 0 Å². The van der Waals surface area contributed by atoms with Crippen molar-refractivity contribution in [2.75, 3.05) is 4.90 Å². The van der Waals surface area contributed by atoms with Crippen LogP contribution in [0.5, 0.6) is 5.75 Å². The van der Waals surface area contributed by atoms with Gasteiger partial charge in [-0.15, -0.1) is 0 Å². The van der Waals surface area contributed by atoms with Crippen LogP contribution in [0.4, 0.5) is 5.69 Å². The highest BCUT2D eigenvalue weighted by Gasteiger charge is 2.46. The number of aliphatic hydroxyl groups excluding tert-OH is 1. The minimum Gasteiger partial charge on any atom is -0.507 e. The summed E-state index contributed by atoms with van der Waals surface area (Å²) in [5.41, 5.74) is 1.69. The van der Waals surface area contributed by atoms with Crippen LogP contribution in [0.15, 0.2) is 84.4 Å². The van der Waals surface area contributed by atoms with Crippen LogP contribution >= 0.6 is 11.6 Å². The molecule has 1 N–H and O–H groups in total. The molecule has 0 bridgehead atoms. The number of nitrogens with zero attached hydrogens (tertiary/aromatic N) is 1. The van der Waals surface area contributed by atoms with Gasteiger partial charge < -0.3 is 9.84 Å². The molecule has 3 aromatic rings. The minimum atomic E-state index is -0.774. The number of anilines is 1. The molecule has 162 valence electrons. The first kappa shape index (κ1) is 21.7. The lowest BCUT2D eigenvalue weighted by Crippen LogP contribution is -2.29. The van der Waals surface area contributed by atoms with Gasteiger partial charge in [0.15, 0.2) is 0 Å². The smallest absolute Gasteiger partial charge is 0.300 e. The predicted octanol–water partition coefficient (Wildman–Crippen LogP) is 5.75. The van der Waals surface area contributed by atoms with Gasteiger partial charge in [0.25, 0.3) is 11.7 Å². The Kier molecular flexibility index (Phi) is 6.01. The summed E-state index contributed by atoms with van der Waals surface area (Å²) in [4.78, 5) is 27.6. The Morgan fingerprint density at radius 2 is 1.56 bits per heavy atom. The molecule has 3 aromatic carbocycles. The molecule has 1 aliphatic heterocycles. The molecule has 5 nitrogen and oxygen atoms in total. The van der Waals surface area contributed by atoms with E-state index in [1.165, 1.54) is 4.90 Å². The molecule has 0 aliphatic carbocycles. The zero-order chi connectivity index (χ0) is 22.8. The van der Waals surface area contributed by atoms with E-state index >= 15 is 0 Å². The second kappa shape index (κ2) is 8.89. The van der Waals surface area contributed by atoms with Crippen LogP contribution in [0.2, 0.25) is 5.02 Å². The molecule has 0 radical (unpaired) electrons. The van der Waals surface area contributed by atoms with Crippen molar-refractivity contribution in [1.29, 1.82) is 0 Å². The third kappa shape index (κ3) is 4.12. The number of hydrogen-bond donors (Lipinski definition) is 1. The summed E-state index contributed by atoms with van der Waals surface area (Å²) in [5.74, 6) is -1.03. The van der Waals surface area contributed by atoms with Gasteiger partial charge in [-0.2, -0.15) is 0 Å².